The molecule has 1 aromatic rings. The van der Waals surface area contributed by atoms with Crippen molar-refractivity contribution in [1.82, 2.24) is 4.72 Å². The number of hydrogen-bond acceptors (Lipinski definition) is 4. The van der Waals surface area contributed by atoms with Gasteiger partial charge in [0.1, 0.15) is 0 Å². The van der Waals surface area contributed by atoms with Crippen LogP contribution in [0.25, 0.3) is 0 Å². The molecule has 6 heteroatoms. The summed E-state index contributed by atoms with van der Waals surface area (Å²) in [6.45, 7) is 10.1. The first-order valence-electron chi connectivity index (χ1n) is 6.32. The van der Waals surface area contributed by atoms with Gasteiger partial charge in [-0.15, -0.1) is 0 Å². The number of nitrogens with two attached hydrogens (primary N) is 1. The van der Waals surface area contributed by atoms with Gasteiger partial charge in [0, 0.05) is 12.2 Å². The first-order valence-corrected chi connectivity index (χ1v) is 7.81. The standard InChI is InChI=1S/C14H22N2O3S/c1-10(2)9-19-6-5-16-20(17,18)14-8-13(15)7-11(3)12(14)4/h7-8,16H,1,5-6,9,15H2,2-4H3. The Bertz CT molecular complexity index is 595. The van der Waals surface area contributed by atoms with Crippen molar-refractivity contribution in [3.63, 3.8) is 0 Å². The van der Waals surface area contributed by atoms with E-state index in [1.54, 1.807) is 13.0 Å². The van der Waals surface area contributed by atoms with E-state index in [0.717, 1.165) is 11.1 Å². The summed E-state index contributed by atoms with van der Waals surface area (Å²) in [6.07, 6.45) is 0. The molecular weight excluding hydrogens is 276 g/mol. The van der Waals surface area contributed by atoms with Gasteiger partial charge in [-0.2, -0.15) is 0 Å². The zero-order valence-electron chi connectivity index (χ0n) is 12.2. The van der Waals surface area contributed by atoms with Gasteiger partial charge in [-0.25, -0.2) is 13.1 Å². The second-order valence-electron chi connectivity index (χ2n) is 4.87. The number of ether oxygens (including phenoxy) is 1. The van der Waals surface area contributed by atoms with E-state index in [9.17, 15) is 8.42 Å². The number of nitrogen functional groups attached to an aromatic ring is 1. The highest BCUT2D eigenvalue weighted by molar-refractivity contribution is 7.89. The van der Waals surface area contributed by atoms with E-state index in [1.165, 1.54) is 6.07 Å². The lowest BCUT2D eigenvalue weighted by Crippen LogP contribution is -2.28. The third kappa shape index (κ3) is 4.63. The molecule has 20 heavy (non-hydrogen) atoms. The van der Waals surface area contributed by atoms with Gasteiger partial charge >= 0.3 is 0 Å². The molecular formula is C14H22N2O3S. The maximum absolute atomic E-state index is 12.2. The molecule has 0 atom stereocenters. The first kappa shape index (κ1) is 16.7. The predicted octanol–water partition coefficient (Wildman–Crippen LogP) is 1.76. The summed E-state index contributed by atoms with van der Waals surface area (Å²) < 4.78 is 32.2. The molecule has 1 aromatic carbocycles. The van der Waals surface area contributed by atoms with Gasteiger partial charge in [-0.3, -0.25) is 0 Å². The summed E-state index contributed by atoms with van der Waals surface area (Å²) in [5, 5.41) is 0. The van der Waals surface area contributed by atoms with Gasteiger partial charge in [0.2, 0.25) is 10.0 Å². The van der Waals surface area contributed by atoms with Crippen LogP contribution in [0.3, 0.4) is 0 Å². The molecule has 0 aliphatic rings. The molecule has 0 spiro atoms. The minimum absolute atomic E-state index is 0.211. The maximum Gasteiger partial charge on any atom is 0.240 e. The fourth-order valence-corrected chi connectivity index (χ4v) is 3.07. The second kappa shape index (κ2) is 6.88. The molecule has 3 N–H and O–H groups in total. The fraction of sp³-hybridized carbons (Fsp3) is 0.429. The molecule has 0 saturated carbocycles. The van der Waals surface area contributed by atoms with E-state index in [1.807, 2.05) is 13.8 Å². The van der Waals surface area contributed by atoms with Crippen molar-refractivity contribution in [3.05, 3.63) is 35.4 Å². The zero-order chi connectivity index (χ0) is 15.3. The van der Waals surface area contributed by atoms with Gasteiger partial charge in [0.25, 0.3) is 0 Å². The van der Waals surface area contributed by atoms with E-state index in [4.69, 9.17) is 10.5 Å². The van der Waals surface area contributed by atoms with Crippen molar-refractivity contribution in [2.75, 3.05) is 25.5 Å². The molecule has 112 valence electrons. The Hall–Kier alpha value is -1.37. The molecule has 0 saturated heterocycles. The van der Waals surface area contributed by atoms with Crippen molar-refractivity contribution >= 4 is 15.7 Å². The number of sulfonamides is 1. The lowest BCUT2D eigenvalue weighted by molar-refractivity contribution is 0.162. The predicted molar refractivity (Wildman–Crippen MR) is 81.1 cm³/mol. The molecule has 0 unspecified atom stereocenters. The van der Waals surface area contributed by atoms with E-state index in [0.29, 0.717) is 24.5 Å². The van der Waals surface area contributed by atoms with Crippen LogP contribution in [0.15, 0.2) is 29.2 Å². The molecule has 1 rings (SSSR count). The Morgan fingerprint density at radius 2 is 2.05 bits per heavy atom. The smallest absolute Gasteiger partial charge is 0.240 e. The van der Waals surface area contributed by atoms with E-state index < -0.39 is 10.0 Å². The van der Waals surface area contributed by atoms with Crippen LogP contribution in [0, 0.1) is 13.8 Å². The van der Waals surface area contributed by atoms with Gasteiger partial charge in [0.15, 0.2) is 0 Å². The number of benzene rings is 1. The summed E-state index contributed by atoms with van der Waals surface area (Å²) in [5.74, 6) is 0. The van der Waals surface area contributed by atoms with E-state index in [2.05, 4.69) is 11.3 Å². The highest BCUT2D eigenvalue weighted by atomic mass is 32.2. The Labute approximate surface area is 120 Å². The van der Waals surface area contributed by atoms with Gasteiger partial charge in [0.05, 0.1) is 18.1 Å². The second-order valence-corrected chi connectivity index (χ2v) is 6.60. The summed E-state index contributed by atoms with van der Waals surface area (Å²) in [5.41, 5.74) is 8.60. The van der Waals surface area contributed by atoms with Crippen LogP contribution in [0.4, 0.5) is 5.69 Å². The summed E-state index contributed by atoms with van der Waals surface area (Å²) in [7, 11) is -3.57. The van der Waals surface area contributed by atoms with Gasteiger partial charge in [-0.1, -0.05) is 12.2 Å². The highest BCUT2D eigenvalue weighted by Gasteiger charge is 2.18. The Morgan fingerprint density at radius 1 is 1.40 bits per heavy atom. The minimum Gasteiger partial charge on any atom is -0.399 e. The van der Waals surface area contributed by atoms with Crippen LogP contribution in [0.5, 0.6) is 0 Å². The number of hydrogen-bond donors (Lipinski definition) is 2. The third-order valence-electron chi connectivity index (χ3n) is 2.82. The van der Waals surface area contributed by atoms with E-state index >= 15 is 0 Å². The Balaban J connectivity index is 2.72. The fourth-order valence-electron chi connectivity index (χ4n) is 1.71. The van der Waals surface area contributed by atoms with Crippen LogP contribution in [0.1, 0.15) is 18.1 Å². The average Bonchev–Trinajstić information content (AvgIpc) is 2.32. The number of anilines is 1. The first-order chi connectivity index (χ1) is 9.24. The normalized spacial score (nSPS) is 11.6. The number of aryl methyl sites for hydroxylation is 1. The number of rotatable bonds is 7. The zero-order valence-corrected chi connectivity index (χ0v) is 13.0. The summed E-state index contributed by atoms with van der Waals surface area (Å²) in [6, 6.07) is 3.23. The van der Waals surface area contributed by atoms with Crippen molar-refractivity contribution in [2.24, 2.45) is 0 Å². The van der Waals surface area contributed by atoms with Crippen molar-refractivity contribution in [3.8, 4) is 0 Å². The third-order valence-corrected chi connectivity index (χ3v) is 4.41. The molecule has 0 bridgehead atoms. The average molecular weight is 298 g/mol. The molecule has 0 aromatic heterocycles. The van der Waals surface area contributed by atoms with Crippen molar-refractivity contribution in [1.29, 1.82) is 0 Å². The maximum atomic E-state index is 12.2. The largest absolute Gasteiger partial charge is 0.399 e. The quantitative estimate of drug-likeness (QED) is 0.456. The van der Waals surface area contributed by atoms with Crippen LogP contribution >= 0.6 is 0 Å². The minimum atomic E-state index is -3.57. The monoisotopic (exact) mass is 298 g/mol. The van der Waals surface area contributed by atoms with Crippen LogP contribution in [-0.4, -0.2) is 28.2 Å². The molecule has 0 aliphatic carbocycles. The van der Waals surface area contributed by atoms with Crippen LogP contribution < -0.4 is 10.5 Å². The van der Waals surface area contributed by atoms with Crippen LogP contribution in [-0.2, 0) is 14.8 Å². The topological polar surface area (TPSA) is 81.4 Å². The molecule has 0 aliphatic heterocycles. The lowest BCUT2D eigenvalue weighted by Gasteiger charge is -2.12. The molecule has 0 amide bonds. The number of nitrogens with one attached hydrogen (secondary N) is 1. The SMILES string of the molecule is C=C(C)COCCNS(=O)(=O)c1cc(N)cc(C)c1C. The lowest BCUT2D eigenvalue weighted by atomic mass is 10.1. The van der Waals surface area contributed by atoms with Crippen molar-refractivity contribution < 1.29 is 13.2 Å². The van der Waals surface area contributed by atoms with Gasteiger partial charge in [-0.05, 0) is 44.0 Å². The van der Waals surface area contributed by atoms with Crippen LogP contribution in [0.2, 0.25) is 0 Å². The summed E-state index contributed by atoms with van der Waals surface area (Å²) in [4.78, 5) is 0.218. The van der Waals surface area contributed by atoms with Crippen molar-refractivity contribution in [2.45, 2.75) is 25.7 Å². The Morgan fingerprint density at radius 3 is 2.65 bits per heavy atom. The molecule has 0 radical (unpaired) electrons. The van der Waals surface area contributed by atoms with E-state index in [-0.39, 0.29) is 11.4 Å². The highest BCUT2D eigenvalue weighted by Crippen LogP contribution is 2.21. The van der Waals surface area contributed by atoms with Gasteiger partial charge < -0.3 is 10.5 Å². The Kier molecular flexibility index (Phi) is 5.74. The molecule has 0 fully saturated rings. The molecule has 0 heterocycles. The molecule has 5 nitrogen and oxygen atoms in total. The summed E-state index contributed by atoms with van der Waals surface area (Å²) >= 11 is 0.